The first-order chi connectivity index (χ1) is 24.0. The molecule has 8 nitrogen and oxygen atoms in total. The van der Waals surface area contributed by atoms with Crippen LogP contribution in [0.3, 0.4) is 0 Å². The van der Waals surface area contributed by atoms with Crippen LogP contribution in [0.1, 0.15) is 132 Å². The fraction of sp³-hybridized carbons (Fsp3) is 0.590. The maximum absolute atomic E-state index is 14.9. The molecule has 2 aromatic rings. The number of nitrogens with one attached hydrogen (secondary N) is 4. The Morgan fingerprint density at radius 2 is 1.82 bits per heavy atom. The molecule has 1 aromatic heterocycles. The van der Waals surface area contributed by atoms with Crippen LogP contribution in [0.4, 0.5) is 20.4 Å². The molecule has 0 bridgehead atoms. The first-order valence-electron chi connectivity index (χ1n) is 18.2. The molecular weight excluding hydrogens is 653 g/mol. The molecule has 1 aromatic carbocycles. The predicted molar refractivity (Wildman–Crippen MR) is 207 cm³/mol. The molecule has 2 fully saturated rings. The zero-order chi connectivity index (χ0) is 37.1. The molecule has 1 amide bonds. The van der Waals surface area contributed by atoms with Crippen molar-refractivity contribution in [2.75, 3.05) is 36.5 Å². The second kappa shape index (κ2) is 22.5. The van der Waals surface area contributed by atoms with E-state index in [0.29, 0.717) is 59.3 Å². The number of unbranched alkanes of at least 4 members (excludes halogenated alkanes) is 1. The van der Waals surface area contributed by atoms with Gasteiger partial charge < -0.3 is 26.2 Å². The third kappa shape index (κ3) is 13.5. The number of hydrogen-bond acceptors (Lipinski definition) is 7. The van der Waals surface area contributed by atoms with Gasteiger partial charge in [0.25, 0.3) is 11.6 Å². The van der Waals surface area contributed by atoms with E-state index in [1.54, 1.807) is 34.4 Å². The Labute approximate surface area is 301 Å². The van der Waals surface area contributed by atoms with Crippen molar-refractivity contribution < 1.29 is 18.3 Å². The van der Waals surface area contributed by atoms with E-state index in [1.807, 2.05) is 33.8 Å². The van der Waals surface area contributed by atoms with Gasteiger partial charge in [0, 0.05) is 48.9 Å². The van der Waals surface area contributed by atoms with E-state index in [4.69, 9.17) is 15.6 Å². The Kier molecular flexibility index (Phi) is 19.3. The van der Waals surface area contributed by atoms with Crippen molar-refractivity contribution in [3.63, 3.8) is 0 Å². The maximum atomic E-state index is 14.9. The van der Waals surface area contributed by atoms with E-state index in [1.165, 1.54) is 36.8 Å². The predicted octanol–water partition coefficient (Wildman–Crippen LogP) is 9.28. The number of aromatic nitrogens is 1. The van der Waals surface area contributed by atoms with Gasteiger partial charge in [-0.15, -0.1) is 5.92 Å². The fourth-order valence-electron chi connectivity index (χ4n) is 5.41. The minimum atomic E-state index is -3.18. The number of rotatable bonds is 13. The number of benzene rings is 1. The lowest BCUT2D eigenvalue weighted by Gasteiger charge is -2.28. The number of carbonyl (C=O) groups is 1. The zero-order valence-corrected chi connectivity index (χ0v) is 32.1. The normalized spacial score (nSPS) is 15.1. The average molecular weight is 713 g/mol. The summed E-state index contributed by atoms with van der Waals surface area (Å²) < 4.78 is 34.5. The molecule has 2 aliphatic heterocycles. The number of fused-ring (bicyclic) bond motifs is 1. The van der Waals surface area contributed by atoms with Gasteiger partial charge in [0.1, 0.15) is 11.6 Å². The van der Waals surface area contributed by atoms with Crippen LogP contribution in [0, 0.1) is 28.6 Å². The van der Waals surface area contributed by atoms with Crippen molar-refractivity contribution in [1.82, 2.24) is 10.3 Å². The Morgan fingerprint density at radius 1 is 1.16 bits per heavy atom. The van der Waals surface area contributed by atoms with Gasteiger partial charge in [0.05, 0.1) is 13.1 Å². The summed E-state index contributed by atoms with van der Waals surface area (Å²) in [5.41, 5.74) is -0.594. The van der Waals surface area contributed by atoms with Gasteiger partial charge in [-0.3, -0.25) is 9.69 Å². The highest BCUT2D eigenvalue weighted by atomic mass is 31.0. The van der Waals surface area contributed by atoms with Crippen molar-refractivity contribution in [2.45, 2.75) is 118 Å². The van der Waals surface area contributed by atoms with Crippen molar-refractivity contribution in [3.8, 4) is 11.8 Å². The van der Waals surface area contributed by atoms with Crippen molar-refractivity contribution >= 4 is 38.7 Å². The number of halogens is 2. The zero-order valence-electron chi connectivity index (χ0n) is 31.0. The molecular formula is C39H59F2N6O2P. The van der Waals surface area contributed by atoms with E-state index < -0.39 is 5.66 Å². The molecule has 2 unspecified atom stereocenters. The van der Waals surface area contributed by atoms with Crippen LogP contribution in [0.15, 0.2) is 24.3 Å². The summed E-state index contributed by atoms with van der Waals surface area (Å²) in [5.74, 6) is 7.39. The Morgan fingerprint density at radius 3 is 2.36 bits per heavy atom. The first-order valence-corrected chi connectivity index (χ1v) is 18.8. The van der Waals surface area contributed by atoms with Gasteiger partial charge in [0.15, 0.2) is 0 Å². The summed E-state index contributed by atoms with van der Waals surface area (Å²) in [6, 6.07) is 6.81. The molecule has 1 saturated heterocycles. The highest BCUT2D eigenvalue weighted by Crippen LogP contribution is 2.43. The molecule has 3 aliphatic rings. The number of anilines is 2. The lowest BCUT2D eigenvalue weighted by molar-refractivity contribution is 0.0367. The first kappa shape index (κ1) is 42.9. The molecule has 50 heavy (non-hydrogen) atoms. The van der Waals surface area contributed by atoms with Crippen LogP contribution in [-0.2, 0) is 23.4 Å². The molecule has 2 atom stereocenters. The summed E-state index contributed by atoms with van der Waals surface area (Å²) in [4.78, 5) is 19.9. The van der Waals surface area contributed by atoms with Gasteiger partial charge in [-0.05, 0) is 106 Å². The Hall–Kier alpha value is -3.25. The number of pyridine rings is 1. The van der Waals surface area contributed by atoms with Gasteiger partial charge in [0.2, 0.25) is 0 Å². The molecule has 3 heterocycles. The summed E-state index contributed by atoms with van der Waals surface area (Å²) in [6.07, 6.45) is 9.93. The van der Waals surface area contributed by atoms with Crippen LogP contribution < -0.4 is 15.5 Å². The number of ether oxygens (including phenoxy) is 1. The molecule has 0 spiro atoms. The standard InChI is InChI=1S/C32H42F2N5OP.C3H6O.C2H5N.C2H6/c1-4-6-7-8-13-36-29-15-23(14-25(35)10-5-2)16-30(38-29)39-20-27-26(31(39)40)17-24(18-28(27)32(33,34)41)21(3)37-19-22-11-9-12-22;1-2-4-3-1;1-2-3;1-2/h15-18,21-22,35,37H,4-6,9-14,19-20,41H2,1-3H3,(H,36,38);1-3H2;2-3H,1H3;1-2H3. The molecule has 1 aliphatic carbocycles. The highest BCUT2D eigenvalue weighted by Gasteiger charge is 2.38. The lowest BCUT2D eigenvalue weighted by atomic mass is 9.85. The minimum absolute atomic E-state index is 0.0102. The van der Waals surface area contributed by atoms with Crippen LogP contribution in [0.25, 0.3) is 0 Å². The van der Waals surface area contributed by atoms with E-state index in [-0.39, 0.29) is 24.1 Å². The number of carbonyl (C=O) groups excluding carboxylic acids is 1. The largest absolute Gasteiger partial charge is 0.381 e. The van der Waals surface area contributed by atoms with Crippen LogP contribution in [0.5, 0.6) is 0 Å². The second-order valence-corrected chi connectivity index (χ2v) is 13.2. The quantitative estimate of drug-likeness (QED) is 0.0940. The maximum Gasteiger partial charge on any atom is 0.284 e. The third-order valence-corrected chi connectivity index (χ3v) is 8.72. The number of hydrogen-bond donors (Lipinski definition) is 4. The Balaban J connectivity index is 0.000000857. The van der Waals surface area contributed by atoms with Crippen molar-refractivity contribution in [1.29, 1.82) is 10.8 Å². The summed E-state index contributed by atoms with van der Waals surface area (Å²) in [5, 5.41) is 21.1. The van der Waals surface area contributed by atoms with Gasteiger partial charge in [-0.1, -0.05) is 55.7 Å². The van der Waals surface area contributed by atoms with E-state index in [0.717, 1.165) is 44.6 Å². The highest BCUT2D eigenvalue weighted by molar-refractivity contribution is 7.17. The second-order valence-electron chi connectivity index (χ2n) is 12.5. The number of alkyl halides is 2. The monoisotopic (exact) mass is 712 g/mol. The molecule has 4 N–H and O–H groups in total. The van der Waals surface area contributed by atoms with Crippen molar-refractivity contribution in [3.05, 3.63) is 52.1 Å². The third-order valence-electron chi connectivity index (χ3n) is 8.41. The summed E-state index contributed by atoms with van der Waals surface area (Å²) in [7, 11) is 1.64. The molecule has 1 saturated carbocycles. The Bertz CT molecular complexity index is 1440. The number of nitrogens with zero attached hydrogens (tertiary/aromatic N) is 2. The van der Waals surface area contributed by atoms with Gasteiger partial charge in [-0.2, -0.15) is 8.78 Å². The molecule has 0 radical (unpaired) electrons. The molecule has 11 heteroatoms. The SMILES string of the molecule is C1COC1.CC.CC=N.CCCC#CCNc1cc(CC(=N)CCC)cc(N2Cc3c(cc(C(C)NCC4CCC4)cc3C(F)(F)P)C2=O)n1. The van der Waals surface area contributed by atoms with Crippen LogP contribution >= 0.6 is 9.24 Å². The summed E-state index contributed by atoms with van der Waals surface area (Å²) >= 11 is 0. The minimum Gasteiger partial charge on any atom is -0.381 e. The lowest BCUT2D eigenvalue weighted by Crippen LogP contribution is -2.29. The fourth-order valence-corrected chi connectivity index (χ4v) is 5.67. The topological polar surface area (TPSA) is 114 Å². The number of amides is 1. The van der Waals surface area contributed by atoms with Crippen LogP contribution in [-0.4, -0.2) is 49.1 Å². The van der Waals surface area contributed by atoms with Gasteiger partial charge >= 0.3 is 0 Å². The molecule has 276 valence electrons. The van der Waals surface area contributed by atoms with E-state index in [9.17, 15) is 13.6 Å². The van der Waals surface area contributed by atoms with Gasteiger partial charge in [-0.25, -0.2) is 4.98 Å². The smallest absolute Gasteiger partial charge is 0.284 e. The molecule has 5 rings (SSSR count). The summed E-state index contributed by atoms with van der Waals surface area (Å²) in [6.45, 7) is 15.0. The average Bonchev–Trinajstić information content (AvgIpc) is 3.35. The van der Waals surface area contributed by atoms with E-state index in [2.05, 4.69) is 34.4 Å². The van der Waals surface area contributed by atoms with E-state index >= 15 is 0 Å². The van der Waals surface area contributed by atoms with Crippen molar-refractivity contribution in [2.24, 2.45) is 5.92 Å². The van der Waals surface area contributed by atoms with Crippen LogP contribution in [0.2, 0.25) is 0 Å².